The van der Waals surface area contributed by atoms with Gasteiger partial charge in [0.1, 0.15) is 0 Å². The Morgan fingerprint density at radius 2 is 1.71 bits per heavy atom. The highest BCUT2D eigenvalue weighted by atomic mass is 16.4. The van der Waals surface area contributed by atoms with Gasteiger partial charge in [0.2, 0.25) is 0 Å². The predicted molar refractivity (Wildman–Crippen MR) is 94.3 cm³/mol. The summed E-state index contributed by atoms with van der Waals surface area (Å²) < 4.78 is 0. The number of likely N-dealkylation sites (tertiary alicyclic amines) is 1. The number of benzene rings is 2. The fourth-order valence-corrected chi connectivity index (χ4v) is 3.48. The molecule has 1 aliphatic rings. The van der Waals surface area contributed by atoms with Crippen LogP contribution in [0.2, 0.25) is 0 Å². The average molecular weight is 325 g/mol. The van der Waals surface area contributed by atoms with Crippen LogP contribution in [0, 0.1) is 5.92 Å². The van der Waals surface area contributed by atoms with E-state index < -0.39 is 11.9 Å². The SMILES string of the molecule is O=C(O)CC(CN1CCCCC1)C(=O)c1ccc2ccccc2c1. The van der Waals surface area contributed by atoms with Crippen LogP contribution in [-0.2, 0) is 4.79 Å². The lowest BCUT2D eigenvalue weighted by Gasteiger charge is -2.29. The van der Waals surface area contributed by atoms with Crippen molar-refractivity contribution in [1.29, 1.82) is 0 Å². The number of aliphatic carboxylic acids is 1. The van der Waals surface area contributed by atoms with Gasteiger partial charge in [-0.3, -0.25) is 9.59 Å². The zero-order chi connectivity index (χ0) is 16.9. The van der Waals surface area contributed by atoms with E-state index >= 15 is 0 Å². The summed E-state index contributed by atoms with van der Waals surface area (Å²) in [7, 11) is 0. The van der Waals surface area contributed by atoms with E-state index in [1.165, 1.54) is 6.42 Å². The van der Waals surface area contributed by atoms with Gasteiger partial charge in [0.25, 0.3) is 0 Å². The molecular formula is C20H23NO3. The van der Waals surface area contributed by atoms with E-state index in [0.717, 1.165) is 36.7 Å². The third kappa shape index (κ3) is 4.01. The molecule has 1 fully saturated rings. The molecule has 2 aromatic rings. The minimum absolute atomic E-state index is 0.0614. The fraction of sp³-hybridized carbons (Fsp3) is 0.400. The first kappa shape index (κ1) is 16.7. The quantitative estimate of drug-likeness (QED) is 0.825. The normalized spacial score (nSPS) is 16.8. The van der Waals surface area contributed by atoms with Crippen LogP contribution in [0.25, 0.3) is 10.8 Å². The molecule has 1 atom stereocenters. The van der Waals surface area contributed by atoms with Crippen molar-refractivity contribution in [3.8, 4) is 0 Å². The number of carbonyl (C=O) groups excluding carboxylic acids is 1. The molecule has 4 heteroatoms. The Labute approximate surface area is 142 Å². The van der Waals surface area contributed by atoms with Crippen LogP contribution in [0.15, 0.2) is 42.5 Å². The van der Waals surface area contributed by atoms with Gasteiger partial charge < -0.3 is 10.0 Å². The second kappa shape index (κ2) is 7.58. The summed E-state index contributed by atoms with van der Waals surface area (Å²) in [6, 6.07) is 13.5. The molecule has 126 valence electrons. The van der Waals surface area contributed by atoms with E-state index in [9.17, 15) is 14.7 Å². The van der Waals surface area contributed by atoms with Gasteiger partial charge in [-0.2, -0.15) is 0 Å². The molecule has 1 unspecified atom stereocenters. The smallest absolute Gasteiger partial charge is 0.304 e. The maximum Gasteiger partial charge on any atom is 0.304 e. The number of Topliss-reactive ketones (excluding diaryl/α,β-unsaturated/α-hetero) is 1. The van der Waals surface area contributed by atoms with Gasteiger partial charge >= 0.3 is 5.97 Å². The highest BCUT2D eigenvalue weighted by Gasteiger charge is 2.26. The maximum atomic E-state index is 12.9. The lowest BCUT2D eigenvalue weighted by Crippen LogP contribution is -2.37. The first-order valence-corrected chi connectivity index (χ1v) is 8.60. The van der Waals surface area contributed by atoms with Gasteiger partial charge in [-0.15, -0.1) is 0 Å². The van der Waals surface area contributed by atoms with Gasteiger partial charge in [0.15, 0.2) is 5.78 Å². The first-order chi connectivity index (χ1) is 11.6. The molecule has 0 spiro atoms. The molecule has 3 rings (SSSR count). The van der Waals surface area contributed by atoms with Crippen LogP contribution < -0.4 is 0 Å². The van der Waals surface area contributed by atoms with Crippen molar-refractivity contribution in [2.75, 3.05) is 19.6 Å². The molecule has 0 radical (unpaired) electrons. The van der Waals surface area contributed by atoms with Crippen molar-refractivity contribution in [1.82, 2.24) is 4.90 Å². The largest absolute Gasteiger partial charge is 0.481 e. The number of carboxylic acids is 1. The summed E-state index contributed by atoms with van der Waals surface area (Å²) in [5, 5.41) is 11.3. The monoisotopic (exact) mass is 325 g/mol. The van der Waals surface area contributed by atoms with Crippen molar-refractivity contribution in [3.05, 3.63) is 48.0 Å². The molecule has 0 amide bonds. The number of nitrogens with zero attached hydrogens (tertiary/aromatic N) is 1. The summed E-state index contributed by atoms with van der Waals surface area (Å²) in [6.07, 6.45) is 3.37. The molecule has 0 bridgehead atoms. The molecule has 4 nitrogen and oxygen atoms in total. The number of carbonyl (C=O) groups is 2. The highest BCUT2D eigenvalue weighted by molar-refractivity contribution is 6.02. The fourth-order valence-electron chi connectivity index (χ4n) is 3.48. The number of hydrogen-bond acceptors (Lipinski definition) is 3. The summed E-state index contributed by atoms with van der Waals surface area (Å²) in [6.45, 7) is 2.46. The van der Waals surface area contributed by atoms with Crippen LogP contribution in [0.1, 0.15) is 36.0 Å². The topological polar surface area (TPSA) is 57.6 Å². The molecule has 1 aliphatic heterocycles. The molecule has 1 heterocycles. The number of fused-ring (bicyclic) bond motifs is 1. The Morgan fingerprint density at radius 1 is 1.00 bits per heavy atom. The average Bonchev–Trinajstić information content (AvgIpc) is 2.60. The van der Waals surface area contributed by atoms with Crippen molar-refractivity contribution < 1.29 is 14.7 Å². The Balaban J connectivity index is 1.81. The van der Waals surface area contributed by atoms with Gasteiger partial charge in [0, 0.05) is 18.0 Å². The van der Waals surface area contributed by atoms with E-state index in [1.807, 2.05) is 42.5 Å². The van der Waals surface area contributed by atoms with E-state index in [2.05, 4.69) is 4.90 Å². The van der Waals surface area contributed by atoms with Gasteiger partial charge in [0.05, 0.1) is 6.42 Å². The molecule has 0 saturated carbocycles. The van der Waals surface area contributed by atoms with Crippen LogP contribution in [0.5, 0.6) is 0 Å². The summed E-state index contributed by atoms with van der Waals surface area (Å²) in [5.74, 6) is -1.46. The van der Waals surface area contributed by atoms with E-state index in [1.54, 1.807) is 0 Å². The zero-order valence-electron chi connectivity index (χ0n) is 13.8. The van der Waals surface area contributed by atoms with Crippen molar-refractivity contribution in [3.63, 3.8) is 0 Å². The van der Waals surface area contributed by atoms with Crippen molar-refractivity contribution >= 4 is 22.5 Å². The second-order valence-corrected chi connectivity index (χ2v) is 6.58. The summed E-state index contributed by atoms with van der Waals surface area (Å²) in [5.41, 5.74) is 0.608. The van der Waals surface area contributed by atoms with Crippen molar-refractivity contribution in [2.24, 2.45) is 5.92 Å². The number of ketones is 1. The molecule has 1 N–H and O–H groups in total. The molecule has 2 aromatic carbocycles. The molecular weight excluding hydrogens is 302 g/mol. The highest BCUT2D eigenvalue weighted by Crippen LogP contribution is 2.21. The standard InChI is InChI=1S/C20H23NO3/c22-19(23)13-18(14-21-10-4-1-5-11-21)20(24)17-9-8-15-6-2-3-7-16(15)12-17/h2-3,6-9,12,18H,1,4-5,10-11,13-14H2,(H,22,23). The lowest BCUT2D eigenvalue weighted by molar-refractivity contribution is -0.137. The predicted octanol–water partition coefficient (Wildman–Crippen LogP) is 3.60. The second-order valence-electron chi connectivity index (χ2n) is 6.58. The Hall–Kier alpha value is -2.20. The number of hydrogen-bond donors (Lipinski definition) is 1. The third-order valence-electron chi connectivity index (χ3n) is 4.75. The summed E-state index contributed by atoms with van der Waals surface area (Å²) >= 11 is 0. The third-order valence-corrected chi connectivity index (χ3v) is 4.75. The lowest BCUT2D eigenvalue weighted by atomic mass is 9.92. The molecule has 0 aliphatic carbocycles. The zero-order valence-corrected chi connectivity index (χ0v) is 13.8. The molecule has 1 saturated heterocycles. The van der Waals surface area contributed by atoms with Crippen LogP contribution in [0.4, 0.5) is 0 Å². The number of rotatable bonds is 6. The van der Waals surface area contributed by atoms with Crippen LogP contribution in [-0.4, -0.2) is 41.4 Å². The van der Waals surface area contributed by atoms with Gasteiger partial charge in [-0.25, -0.2) is 0 Å². The van der Waals surface area contributed by atoms with Crippen LogP contribution >= 0.6 is 0 Å². The van der Waals surface area contributed by atoms with E-state index in [0.29, 0.717) is 12.1 Å². The van der Waals surface area contributed by atoms with Gasteiger partial charge in [-0.05, 0) is 42.8 Å². The number of piperidine rings is 1. The van der Waals surface area contributed by atoms with E-state index in [4.69, 9.17) is 0 Å². The number of carboxylic acid groups (broad SMARTS) is 1. The Bertz CT molecular complexity index is 734. The molecule has 0 aromatic heterocycles. The Morgan fingerprint density at radius 3 is 2.42 bits per heavy atom. The minimum Gasteiger partial charge on any atom is -0.481 e. The maximum absolute atomic E-state index is 12.9. The van der Waals surface area contributed by atoms with Gasteiger partial charge in [-0.1, -0.05) is 42.8 Å². The summed E-state index contributed by atoms with van der Waals surface area (Å²) in [4.78, 5) is 26.4. The first-order valence-electron chi connectivity index (χ1n) is 8.60. The minimum atomic E-state index is -0.911. The Kier molecular flexibility index (Phi) is 5.26. The van der Waals surface area contributed by atoms with Crippen LogP contribution in [0.3, 0.4) is 0 Å². The van der Waals surface area contributed by atoms with Crippen molar-refractivity contribution in [2.45, 2.75) is 25.7 Å². The molecule has 24 heavy (non-hydrogen) atoms. The van der Waals surface area contributed by atoms with E-state index in [-0.39, 0.29) is 12.2 Å².